The van der Waals surface area contributed by atoms with Crippen LogP contribution in [0.5, 0.6) is 5.75 Å². The Morgan fingerprint density at radius 2 is 1.82 bits per heavy atom. The second kappa shape index (κ2) is 13.0. The number of benzene rings is 2. The number of hydrazine groups is 1. The van der Waals surface area contributed by atoms with Crippen LogP contribution in [0.2, 0.25) is 0 Å². The number of carbonyl (C=O) groups excluding carboxylic acids is 3. The Morgan fingerprint density at radius 3 is 2.48 bits per heavy atom. The third kappa shape index (κ3) is 6.52. The number of carboxylic acids is 1. The number of hydrogen-bond acceptors (Lipinski definition) is 6. The van der Waals surface area contributed by atoms with Crippen molar-refractivity contribution in [3.05, 3.63) is 65.7 Å². The van der Waals surface area contributed by atoms with Gasteiger partial charge in [0.1, 0.15) is 18.0 Å². The highest BCUT2D eigenvalue weighted by Crippen LogP contribution is 2.29. The van der Waals surface area contributed by atoms with Crippen LogP contribution in [-0.2, 0) is 27.3 Å². The average Bonchev–Trinajstić information content (AvgIpc) is 2.95. The molecule has 2 saturated heterocycles. The predicted octanol–water partition coefficient (Wildman–Crippen LogP) is 1.54. The van der Waals surface area contributed by atoms with Crippen molar-refractivity contribution in [2.75, 3.05) is 33.3 Å². The Morgan fingerprint density at radius 1 is 1.10 bits per heavy atom. The van der Waals surface area contributed by atoms with Crippen LogP contribution in [-0.4, -0.2) is 94.2 Å². The topological polar surface area (TPSA) is 123 Å². The highest BCUT2D eigenvalue weighted by Gasteiger charge is 2.51. The van der Waals surface area contributed by atoms with Gasteiger partial charge in [0, 0.05) is 19.5 Å². The molecule has 2 aliphatic rings. The molecular formula is C29H33N5O6. The standard InChI is InChI=1S/C29H33N5O6/c1-3-16-32-20-26(35)33-24(13-14-27(36)37)28(38)31(17-15-21-9-11-23(40-2)12-10-21)19-25(33)34(32)29(39)30-18-22-7-5-4-6-8-22/h1,4-12,24-25H,13-20H2,2H3,(H,30,39)(H,36,37)/t24-,25-/m0/s1. The van der Waals surface area contributed by atoms with Gasteiger partial charge in [0.25, 0.3) is 0 Å². The molecule has 0 radical (unpaired) electrons. The second-order valence-corrected chi connectivity index (χ2v) is 9.63. The van der Waals surface area contributed by atoms with E-state index in [1.807, 2.05) is 54.6 Å². The lowest BCUT2D eigenvalue weighted by Crippen LogP contribution is -2.76. The minimum absolute atomic E-state index is 0.00836. The van der Waals surface area contributed by atoms with E-state index in [4.69, 9.17) is 11.2 Å². The number of urea groups is 1. The summed E-state index contributed by atoms with van der Waals surface area (Å²) in [4.78, 5) is 54.9. The fourth-order valence-corrected chi connectivity index (χ4v) is 5.09. The molecule has 0 saturated carbocycles. The number of aliphatic carboxylic acids is 1. The van der Waals surface area contributed by atoms with Crippen LogP contribution >= 0.6 is 0 Å². The number of fused-ring (bicyclic) bond motifs is 1. The van der Waals surface area contributed by atoms with Crippen LogP contribution in [0.4, 0.5) is 4.79 Å². The molecule has 0 aliphatic carbocycles. The lowest BCUT2D eigenvalue weighted by atomic mass is 10.0. The van der Waals surface area contributed by atoms with Crippen molar-refractivity contribution in [1.29, 1.82) is 0 Å². The number of methoxy groups -OCH3 is 1. The SMILES string of the molecule is C#CCN1CC(=O)N2[C@@H](CCC(=O)O)C(=O)N(CCc3ccc(OC)cc3)C[C@@H]2N1C(=O)NCc1ccccc1. The lowest BCUT2D eigenvalue weighted by molar-refractivity contribution is -0.189. The van der Waals surface area contributed by atoms with Gasteiger partial charge in [-0.3, -0.25) is 14.4 Å². The van der Waals surface area contributed by atoms with Crippen LogP contribution < -0.4 is 10.1 Å². The molecule has 2 fully saturated rings. The highest BCUT2D eigenvalue weighted by molar-refractivity contribution is 5.91. The molecule has 210 valence electrons. The number of nitrogens with zero attached hydrogens (tertiary/aromatic N) is 4. The summed E-state index contributed by atoms with van der Waals surface area (Å²) in [6.07, 6.45) is 4.89. The number of nitrogens with one attached hydrogen (secondary N) is 1. The van der Waals surface area contributed by atoms with Crippen molar-refractivity contribution >= 4 is 23.8 Å². The minimum atomic E-state index is -1.07. The summed E-state index contributed by atoms with van der Waals surface area (Å²) in [6, 6.07) is 15.4. The van der Waals surface area contributed by atoms with E-state index in [2.05, 4.69) is 11.2 Å². The van der Waals surface area contributed by atoms with Crippen molar-refractivity contribution in [3.63, 3.8) is 0 Å². The normalized spacial score (nSPS) is 19.1. The quantitative estimate of drug-likeness (QED) is 0.433. The summed E-state index contributed by atoms with van der Waals surface area (Å²) in [6.45, 7) is 0.436. The van der Waals surface area contributed by atoms with Crippen molar-refractivity contribution < 1.29 is 29.0 Å². The summed E-state index contributed by atoms with van der Waals surface area (Å²) in [7, 11) is 1.58. The monoisotopic (exact) mass is 547 g/mol. The van der Waals surface area contributed by atoms with Crippen molar-refractivity contribution in [3.8, 4) is 18.1 Å². The number of amides is 4. The van der Waals surface area contributed by atoms with Gasteiger partial charge in [-0.2, -0.15) is 5.01 Å². The Bertz CT molecular complexity index is 1260. The van der Waals surface area contributed by atoms with E-state index in [0.29, 0.717) is 18.7 Å². The smallest absolute Gasteiger partial charge is 0.334 e. The maximum atomic E-state index is 13.6. The number of rotatable bonds is 10. The average molecular weight is 548 g/mol. The zero-order valence-electron chi connectivity index (χ0n) is 22.4. The molecule has 2 aromatic carbocycles. The molecular weight excluding hydrogens is 514 g/mol. The summed E-state index contributed by atoms with van der Waals surface area (Å²) >= 11 is 0. The zero-order valence-corrected chi connectivity index (χ0v) is 22.4. The number of terminal acetylenes is 1. The molecule has 0 spiro atoms. The number of ether oxygens (including phenoxy) is 1. The van der Waals surface area contributed by atoms with E-state index in [1.165, 1.54) is 14.9 Å². The molecule has 2 heterocycles. The molecule has 2 atom stereocenters. The predicted molar refractivity (Wildman–Crippen MR) is 145 cm³/mol. The van der Waals surface area contributed by atoms with E-state index < -0.39 is 24.2 Å². The molecule has 0 unspecified atom stereocenters. The van der Waals surface area contributed by atoms with Crippen LogP contribution in [0.3, 0.4) is 0 Å². The fraction of sp³-hybridized carbons (Fsp3) is 0.379. The Balaban J connectivity index is 1.60. The van der Waals surface area contributed by atoms with Crippen LogP contribution in [0.1, 0.15) is 24.0 Å². The number of hydrogen-bond donors (Lipinski definition) is 2. The van der Waals surface area contributed by atoms with Crippen LogP contribution in [0, 0.1) is 12.3 Å². The summed E-state index contributed by atoms with van der Waals surface area (Å²) < 4.78 is 5.21. The van der Waals surface area contributed by atoms with E-state index in [1.54, 1.807) is 12.0 Å². The number of carbonyl (C=O) groups is 4. The lowest BCUT2D eigenvalue weighted by Gasteiger charge is -2.54. The van der Waals surface area contributed by atoms with E-state index >= 15 is 0 Å². The van der Waals surface area contributed by atoms with Crippen molar-refractivity contribution in [2.45, 2.75) is 38.0 Å². The Hall–Kier alpha value is -4.56. The number of carboxylic acid groups (broad SMARTS) is 1. The maximum Gasteiger partial charge on any atom is 0.334 e. The van der Waals surface area contributed by atoms with Crippen molar-refractivity contribution in [2.24, 2.45) is 0 Å². The van der Waals surface area contributed by atoms with E-state index in [-0.39, 0.29) is 50.8 Å². The Labute approximate surface area is 233 Å². The van der Waals surface area contributed by atoms with E-state index in [9.17, 15) is 24.3 Å². The van der Waals surface area contributed by atoms with Gasteiger partial charge in [-0.1, -0.05) is 48.4 Å². The van der Waals surface area contributed by atoms with Gasteiger partial charge in [-0.05, 0) is 36.1 Å². The van der Waals surface area contributed by atoms with E-state index in [0.717, 1.165) is 11.1 Å². The first-order valence-electron chi connectivity index (χ1n) is 13.1. The summed E-state index contributed by atoms with van der Waals surface area (Å²) in [5, 5.41) is 15.1. The largest absolute Gasteiger partial charge is 0.497 e. The van der Waals surface area contributed by atoms with Gasteiger partial charge < -0.3 is 25.0 Å². The zero-order chi connectivity index (χ0) is 28.6. The fourth-order valence-electron chi connectivity index (χ4n) is 5.09. The third-order valence-corrected chi connectivity index (χ3v) is 7.06. The molecule has 2 aromatic rings. The van der Waals surface area contributed by atoms with Gasteiger partial charge >= 0.3 is 12.0 Å². The first-order chi connectivity index (χ1) is 19.3. The molecule has 4 amide bonds. The molecule has 11 nitrogen and oxygen atoms in total. The maximum absolute atomic E-state index is 13.6. The van der Waals surface area contributed by atoms with Gasteiger partial charge in [-0.15, -0.1) is 6.42 Å². The molecule has 2 N–H and O–H groups in total. The summed E-state index contributed by atoms with van der Waals surface area (Å²) in [5.74, 6) is 1.43. The molecule has 40 heavy (non-hydrogen) atoms. The van der Waals surface area contributed by atoms with Gasteiger partial charge in [0.2, 0.25) is 11.8 Å². The summed E-state index contributed by atoms with van der Waals surface area (Å²) in [5.41, 5.74) is 1.87. The minimum Gasteiger partial charge on any atom is -0.497 e. The van der Waals surface area contributed by atoms with Crippen molar-refractivity contribution in [1.82, 2.24) is 25.1 Å². The van der Waals surface area contributed by atoms with Gasteiger partial charge in [0.15, 0.2) is 0 Å². The second-order valence-electron chi connectivity index (χ2n) is 9.63. The molecule has 4 rings (SSSR count). The molecule has 0 bridgehead atoms. The van der Waals surface area contributed by atoms with Crippen LogP contribution in [0.15, 0.2) is 54.6 Å². The molecule has 11 heteroatoms. The Kier molecular flexibility index (Phi) is 9.24. The first kappa shape index (κ1) is 28.4. The first-order valence-corrected chi connectivity index (χ1v) is 13.1. The molecule has 0 aromatic heterocycles. The third-order valence-electron chi connectivity index (χ3n) is 7.06. The highest BCUT2D eigenvalue weighted by atomic mass is 16.5. The molecule has 2 aliphatic heterocycles. The number of piperazine rings is 1. The van der Waals surface area contributed by atoms with Gasteiger partial charge in [0.05, 0.1) is 26.7 Å². The van der Waals surface area contributed by atoms with Gasteiger partial charge in [-0.25, -0.2) is 9.80 Å². The van der Waals surface area contributed by atoms with Crippen LogP contribution in [0.25, 0.3) is 0 Å².